The predicted octanol–water partition coefficient (Wildman–Crippen LogP) is 3.94. The van der Waals surface area contributed by atoms with Crippen LogP contribution in [0, 0.1) is 5.92 Å². The van der Waals surface area contributed by atoms with Gasteiger partial charge < -0.3 is 19.5 Å². The largest absolute Gasteiger partial charge is 0.493 e. The molecule has 8 heteroatoms. The van der Waals surface area contributed by atoms with E-state index in [0.29, 0.717) is 18.0 Å². The molecular weight excluding hydrogens is 384 g/mol. The minimum Gasteiger partial charge on any atom is -0.493 e. The average molecular weight is 411 g/mol. The van der Waals surface area contributed by atoms with Crippen molar-refractivity contribution in [3.8, 4) is 11.5 Å². The summed E-state index contributed by atoms with van der Waals surface area (Å²) in [4.78, 5) is 24.1. The van der Waals surface area contributed by atoms with Crippen LogP contribution >= 0.6 is 0 Å². The molecule has 1 aromatic carbocycles. The molecule has 1 N–H and O–H groups in total. The summed E-state index contributed by atoms with van der Waals surface area (Å²) in [7, 11) is 1.32. The number of hydrogen-bond donors (Lipinski definition) is 1. The van der Waals surface area contributed by atoms with Crippen LogP contribution in [0.3, 0.4) is 0 Å². The summed E-state index contributed by atoms with van der Waals surface area (Å²) in [6.07, 6.45) is 7.54. The van der Waals surface area contributed by atoms with Gasteiger partial charge in [-0.3, -0.25) is 4.79 Å². The van der Waals surface area contributed by atoms with E-state index < -0.39 is 18.7 Å². The Hall–Kier alpha value is -2.64. The second kappa shape index (κ2) is 11.4. The summed E-state index contributed by atoms with van der Waals surface area (Å²) in [5.41, 5.74) is 0.523. The van der Waals surface area contributed by atoms with Crippen molar-refractivity contribution in [2.45, 2.75) is 51.7 Å². The maximum Gasteiger partial charge on any atom is 0.387 e. The summed E-state index contributed by atoms with van der Waals surface area (Å²) in [6.45, 7) is -0.851. The molecule has 0 bridgehead atoms. The molecule has 0 spiro atoms. The number of ether oxygens (including phenoxy) is 3. The summed E-state index contributed by atoms with van der Waals surface area (Å²) in [6, 6.07) is 4.25. The van der Waals surface area contributed by atoms with Gasteiger partial charge in [-0.1, -0.05) is 25.3 Å². The molecule has 0 aromatic heterocycles. The van der Waals surface area contributed by atoms with Crippen LogP contribution in [0.5, 0.6) is 11.5 Å². The number of methoxy groups -OCH3 is 1. The minimum absolute atomic E-state index is 0.106. The van der Waals surface area contributed by atoms with Crippen molar-refractivity contribution in [3.63, 3.8) is 0 Å². The minimum atomic E-state index is -2.97. The zero-order valence-electron chi connectivity index (χ0n) is 16.7. The van der Waals surface area contributed by atoms with E-state index in [2.05, 4.69) is 10.1 Å². The van der Waals surface area contributed by atoms with Gasteiger partial charge >= 0.3 is 12.6 Å². The second-order valence-electron chi connectivity index (χ2n) is 6.95. The number of hydrogen-bond acceptors (Lipinski definition) is 5. The lowest BCUT2D eigenvalue weighted by atomic mass is 9.89. The standard InChI is InChI=1S/C21H27F2NO5/c1-14(20(26)24-13-16-6-4-3-5-7-16)28-19(25)11-9-15-8-10-17(29-21(22)23)18(12-15)27-2/h8-12,14,16,21H,3-7,13H2,1-2H3,(H,24,26)/b11-9+/t14-/m0/s1. The van der Waals surface area contributed by atoms with Crippen molar-refractivity contribution in [1.29, 1.82) is 0 Å². The maximum absolute atomic E-state index is 12.4. The lowest BCUT2D eigenvalue weighted by Gasteiger charge is -2.22. The number of benzene rings is 1. The molecule has 1 fully saturated rings. The van der Waals surface area contributed by atoms with Crippen molar-refractivity contribution in [2.24, 2.45) is 5.92 Å². The zero-order chi connectivity index (χ0) is 21.2. The van der Waals surface area contributed by atoms with Gasteiger partial charge in [-0.2, -0.15) is 8.78 Å². The van der Waals surface area contributed by atoms with Crippen LogP contribution in [0.15, 0.2) is 24.3 Å². The molecule has 0 heterocycles. The van der Waals surface area contributed by atoms with E-state index in [1.165, 1.54) is 57.6 Å². The molecule has 6 nitrogen and oxygen atoms in total. The Bertz CT molecular complexity index is 717. The Labute approximate surface area is 169 Å². The van der Waals surface area contributed by atoms with Crippen LogP contribution < -0.4 is 14.8 Å². The monoisotopic (exact) mass is 411 g/mol. The van der Waals surface area contributed by atoms with Gasteiger partial charge in [0, 0.05) is 12.6 Å². The summed E-state index contributed by atoms with van der Waals surface area (Å²) in [5, 5.41) is 2.84. The van der Waals surface area contributed by atoms with Crippen molar-refractivity contribution in [1.82, 2.24) is 5.32 Å². The number of carbonyl (C=O) groups is 2. The molecule has 1 saturated carbocycles. The van der Waals surface area contributed by atoms with Gasteiger partial charge in [0.05, 0.1) is 7.11 Å². The van der Waals surface area contributed by atoms with Crippen molar-refractivity contribution in [2.75, 3.05) is 13.7 Å². The van der Waals surface area contributed by atoms with Gasteiger partial charge in [-0.15, -0.1) is 0 Å². The van der Waals surface area contributed by atoms with Gasteiger partial charge in [-0.05, 0) is 49.5 Å². The number of halogens is 2. The van der Waals surface area contributed by atoms with E-state index in [1.54, 1.807) is 0 Å². The van der Waals surface area contributed by atoms with Crippen molar-refractivity contribution < 1.29 is 32.6 Å². The SMILES string of the molecule is COc1cc(/C=C/C(=O)O[C@@H](C)C(=O)NCC2CCCCC2)ccc1OC(F)F. The fraction of sp³-hybridized carbons (Fsp3) is 0.524. The Morgan fingerprint density at radius 3 is 2.59 bits per heavy atom. The third-order valence-corrected chi connectivity index (χ3v) is 4.77. The molecule has 1 aliphatic rings. The summed E-state index contributed by atoms with van der Waals surface area (Å²) >= 11 is 0. The van der Waals surface area contributed by atoms with E-state index in [0.717, 1.165) is 18.9 Å². The lowest BCUT2D eigenvalue weighted by Crippen LogP contribution is -2.38. The Kier molecular flexibility index (Phi) is 8.89. The molecule has 1 aromatic rings. The van der Waals surface area contributed by atoms with E-state index in [1.807, 2.05) is 0 Å². The van der Waals surface area contributed by atoms with Crippen LogP contribution in [0.2, 0.25) is 0 Å². The van der Waals surface area contributed by atoms with Gasteiger partial charge in [0.25, 0.3) is 5.91 Å². The predicted molar refractivity (Wildman–Crippen MR) is 104 cm³/mol. The van der Waals surface area contributed by atoms with Gasteiger partial charge in [0.1, 0.15) is 0 Å². The highest BCUT2D eigenvalue weighted by Crippen LogP contribution is 2.29. The third-order valence-electron chi connectivity index (χ3n) is 4.77. The second-order valence-corrected chi connectivity index (χ2v) is 6.95. The van der Waals surface area contributed by atoms with E-state index in [-0.39, 0.29) is 17.4 Å². The number of rotatable bonds is 9. The van der Waals surface area contributed by atoms with Crippen LogP contribution in [-0.4, -0.2) is 38.2 Å². The summed E-state index contributed by atoms with van der Waals surface area (Å²) in [5.74, 6) is -0.519. The molecule has 1 aliphatic carbocycles. The highest BCUT2D eigenvalue weighted by atomic mass is 19.3. The molecule has 1 amide bonds. The van der Waals surface area contributed by atoms with E-state index in [9.17, 15) is 18.4 Å². The zero-order valence-corrected chi connectivity index (χ0v) is 16.7. The van der Waals surface area contributed by atoms with Crippen LogP contribution in [0.25, 0.3) is 6.08 Å². The number of alkyl halides is 2. The maximum atomic E-state index is 12.4. The lowest BCUT2D eigenvalue weighted by molar-refractivity contribution is -0.150. The number of nitrogens with one attached hydrogen (secondary N) is 1. The Morgan fingerprint density at radius 1 is 1.21 bits per heavy atom. The normalized spacial score (nSPS) is 15.9. The smallest absolute Gasteiger partial charge is 0.387 e. The van der Waals surface area contributed by atoms with E-state index >= 15 is 0 Å². The molecule has 29 heavy (non-hydrogen) atoms. The Morgan fingerprint density at radius 2 is 1.93 bits per heavy atom. The molecule has 160 valence electrons. The number of amides is 1. The molecular formula is C21H27F2NO5. The van der Waals surface area contributed by atoms with Gasteiger partial charge in [0.15, 0.2) is 17.6 Å². The highest BCUT2D eigenvalue weighted by Gasteiger charge is 2.19. The van der Waals surface area contributed by atoms with Crippen molar-refractivity contribution in [3.05, 3.63) is 29.8 Å². The third kappa shape index (κ3) is 7.71. The van der Waals surface area contributed by atoms with Crippen LogP contribution in [-0.2, 0) is 14.3 Å². The molecule has 0 saturated heterocycles. The molecule has 0 unspecified atom stereocenters. The fourth-order valence-corrected chi connectivity index (χ4v) is 3.19. The first-order valence-electron chi connectivity index (χ1n) is 9.68. The first-order chi connectivity index (χ1) is 13.9. The number of carbonyl (C=O) groups excluding carboxylic acids is 2. The quantitative estimate of drug-likeness (QED) is 0.492. The van der Waals surface area contributed by atoms with Crippen molar-refractivity contribution >= 4 is 18.0 Å². The highest BCUT2D eigenvalue weighted by molar-refractivity contribution is 5.90. The molecule has 2 rings (SSSR count). The molecule has 1 atom stereocenters. The number of esters is 1. The summed E-state index contributed by atoms with van der Waals surface area (Å²) < 4.78 is 39.2. The fourth-order valence-electron chi connectivity index (χ4n) is 3.19. The Balaban J connectivity index is 1.83. The van der Waals surface area contributed by atoms with E-state index in [4.69, 9.17) is 9.47 Å². The topological polar surface area (TPSA) is 73.9 Å². The molecule has 0 radical (unpaired) electrons. The molecule has 0 aliphatic heterocycles. The van der Waals surface area contributed by atoms with Crippen LogP contribution in [0.4, 0.5) is 8.78 Å². The average Bonchev–Trinajstić information content (AvgIpc) is 2.71. The van der Waals surface area contributed by atoms with Crippen LogP contribution in [0.1, 0.15) is 44.6 Å². The van der Waals surface area contributed by atoms with Gasteiger partial charge in [-0.25, -0.2) is 4.79 Å². The van der Waals surface area contributed by atoms with Gasteiger partial charge in [0.2, 0.25) is 0 Å². The first-order valence-corrected chi connectivity index (χ1v) is 9.68. The first kappa shape index (κ1) is 22.6.